The van der Waals surface area contributed by atoms with E-state index in [-0.39, 0.29) is 0 Å². The van der Waals surface area contributed by atoms with Crippen LogP contribution in [0.3, 0.4) is 0 Å². The van der Waals surface area contributed by atoms with E-state index in [1.165, 1.54) is 24.1 Å². The zero-order valence-corrected chi connectivity index (χ0v) is 12.0. The van der Waals surface area contributed by atoms with Crippen LogP contribution in [0, 0.1) is 0 Å². The van der Waals surface area contributed by atoms with Crippen LogP contribution in [0.1, 0.15) is 38.2 Å². The summed E-state index contributed by atoms with van der Waals surface area (Å²) in [6.07, 6.45) is 5.75. The summed E-state index contributed by atoms with van der Waals surface area (Å²) in [5, 5.41) is 3.67. The van der Waals surface area contributed by atoms with Crippen LogP contribution in [-0.4, -0.2) is 12.1 Å². The predicted octanol–water partition coefficient (Wildman–Crippen LogP) is 3.69. The Kier molecular flexibility index (Phi) is 4.46. The lowest BCUT2D eigenvalue weighted by Crippen LogP contribution is -2.33. The molecule has 2 nitrogen and oxygen atoms in total. The van der Waals surface area contributed by atoms with Crippen molar-refractivity contribution in [3.05, 3.63) is 28.2 Å². The quantitative estimate of drug-likeness (QED) is 0.893. The van der Waals surface area contributed by atoms with Gasteiger partial charge < -0.3 is 11.1 Å². The van der Waals surface area contributed by atoms with Crippen LogP contribution < -0.4 is 11.1 Å². The molecule has 0 atom stereocenters. The largest absolute Gasteiger partial charge is 0.382 e. The fourth-order valence-corrected chi connectivity index (χ4v) is 2.89. The molecule has 3 N–H and O–H groups in total. The number of rotatable bonds is 3. The third kappa shape index (κ3) is 3.46. The summed E-state index contributed by atoms with van der Waals surface area (Å²) in [6, 6.07) is 7.51. The van der Waals surface area contributed by atoms with Crippen molar-refractivity contribution in [3.8, 4) is 0 Å². The Labute approximate surface area is 112 Å². The average Bonchev–Trinajstić information content (AvgIpc) is 2.34. The lowest BCUT2D eigenvalue weighted by Gasteiger charge is -2.28. The van der Waals surface area contributed by atoms with Crippen LogP contribution >= 0.6 is 15.9 Å². The van der Waals surface area contributed by atoms with Crippen molar-refractivity contribution in [2.75, 3.05) is 5.32 Å². The zero-order valence-electron chi connectivity index (χ0n) is 10.4. The summed E-state index contributed by atoms with van der Waals surface area (Å²) in [5.41, 5.74) is 8.60. The van der Waals surface area contributed by atoms with Gasteiger partial charge in [0.15, 0.2) is 0 Å². The minimum absolute atomic E-state index is 0.420. The number of aryl methyl sites for hydroxylation is 1. The molecule has 1 aliphatic carbocycles. The molecule has 0 bridgehead atoms. The molecule has 1 aliphatic rings. The van der Waals surface area contributed by atoms with Gasteiger partial charge in [-0.1, -0.05) is 22.9 Å². The highest BCUT2D eigenvalue weighted by atomic mass is 79.9. The highest BCUT2D eigenvalue weighted by molar-refractivity contribution is 9.10. The molecule has 0 unspecified atom stereocenters. The second-order valence-electron chi connectivity index (χ2n) is 4.91. The van der Waals surface area contributed by atoms with Crippen LogP contribution in [0.4, 0.5) is 5.69 Å². The van der Waals surface area contributed by atoms with E-state index in [0.717, 1.165) is 23.7 Å². The third-order valence-corrected chi connectivity index (χ3v) is 4.07. The monoisotopic (exact) mass is 296 g/mol. The molecule has 0 heterocycles. The highest BCUT2D eigenvalue weighted by Gasteiger charge is 2.18. The minimum Gasteiger partial charge on any atom is -0.382 e. The molecular weight excluding hydrogens is 276 g/mol. The summed E-state index contributed by atoms with van der Waals surface area (Å²) in [4.78, 5) is 0. The first-order valence-electron chi connectivity index (χ1n) is 6.49. The summed E-state index contributed by atoms with van der Waals surface area (Å²) in [6.45, 7) is 2.20. The second-order valence-corrected chi connectivity index (χ2v) is 5.83. The fourth-order valence-electron chi connectivity index (χ4n) is 2.48. The van der Waals surface area contributed by atoms with Crippen LogP contribution in [0.2, 0.25) is 0 Å². The van der Waals surface area contributed by atoms with Gasteiger partial charge in [0.25, 0.3) is 0 Å². The molecule has 0 aromatic heterocycles. The number of halogens is 1. The number of hydrogen-bond donors (Lipinski definition) is 2. The van der Waals surface area contributed by atoms with Crippen molar-refractivity contribution in [2.24, 2.45) is 5.73 Å². The summed E-state index contributed by atoms with van der Waals surface area (Å²) in [7, 11) is 0. The van der Waals surface area contributed by atoms with E-state index in [1.807, 2.05) is 0 Å². The van der Waals surface area contributed by atoms with Crippen molar-refractivity contribution in [1.82, 2.24) is 0 Å². The number of nitrogens with one attached hydrogen (secondary N) is 1. The third-order valence-electron chi connectivity index (χ3n) is 3.58. The Morgan fingerprint density at radius 2 is 2.00 bits per heavy atom. The Balaban J connectivity index is 2.03. The van der Waals surface area contributed by atoms with E-state index in [1.54, 1.807) is 0 Å². The Bertz CT molecular complexity index is 370. The van der Waals surface area contributed by atoms with E-state index < -0.39 is 0 Å². The molecule has 0 saturated heterocycles. The van der Waals surface area contributed by atoms with Gasteiger partial charge in [-0.3, -0.25) is 0 Å². The zero-order chi connectivity index (χ0) is 12.3. The molecule has 0 spiro atoms. The van der Waals surface area contributed by atoms with Gasteiger partial charge in [0, 0.05) is 22.2 Å². The molecule has 3 heteroatoms. The van der Waals surface area contributed by atoms with E-state index in [9.17, 15) is 0 Å². The normalized spacial score (nSPS) is 24.6. The van der Waals surface area contributed by atoms with Crippen LogP contribution in [0.25, 0.3) is 0 Å². The minimum atomic E-state index is 0.420. The van der Waals surface area contributed by atoms with Crippen molar-refractivity contribution in [1.29, 1.82) is 0 Å². The molecule has 0 amide bonds. The van der Waals surface area contributed by atoms with Gasteiger partial charge >= 0.3 is 0 Å². The van der Waals surface area contributed by atoms with Crippen molar-refractivity contribution in [3.63, 3.8) is 0 Å². The van der Waals surface area contributed by atoms with Gasteiger partial charge in [-0.25, -0.2) is 0 Å². The average molecular weight is 297 g/mol. The van der Waals surface area contributed by atoms with E-state index in [0.29, 0.717) is 12.1 Å². The molecule has 1 aromatic rings. The Morgan fingerprint density at radius 3 is 2.65 bits per heavy atom. The van der Waals surface area contributed by atoms with Gasteiger partial charge in [0.1, 0.15) is 0 Å². The maximum absolute atomic E-state index is 5.93. The first-order chi connectivity index (χ1) is 8.19. The second kappa shape index (κ2) is 5.87. The molecule has 1 saturated carbocycles. The van der Waals surface area contributed by atoms with Crippen molar-refractivity contribution in [2.45, 2.75) is 51.1 Å². The number of anilines is 1. The number of nitrogens with two attached hydrogens (primary N) is 1. The van der Waals surface area contributed by atoms with Crippen LogP contribution in [-0.2, 0) is 6.42 Å². The Morgan fingerprint density at radius 1 is 1.29 bits per heavy atom. The van der Waals surface area contributed by atoms with Gasteiger partial charge in [0.05, 0.1) is 0 Å². The lowest BCUT2D eigenvalue weighted by atomic mass is 9.91. The van der Waals surface area contributed by atoms with Crippen molar-refractivity contribution < 1.29 is 0 Å². The molecule has 0 radical (unpaired) electrons. The molecule has 1 fully saturated rings. The lowest BCUT2D eigenvalue weighted by molar-refractivity contribution is 0.411. The fraction of sp³-hybridized carbons (Fsp3) is 0.571. The van der Waals surface area contributed by atoms with E-state index in [2.05, 4.69) is 46.4 Å². The topological polar surface area (TPSA) is 38.0 Å². The van der Waals surface area contributed by atoms with E-state index >= 15 is 0 Å². The molecule has 2 rings (SSSR count). The number of benzene rings is 1. The van der Waals surface area contributed by atoms with Crippen LogP contribution in [0.15, 0.2) is 22.7 Å². The SMILES string of the molecule is CCc1cc(Br)ccc1NC1CCC(N)CC1. The summed E-state index contributed by atoms with van der Waals surface area (Å²) in [5.74, 6) is 0. The standard InChI is InChI=1S/C14H21BrN2/c1-2-10-9-11(15)3-8-14(10)17-13-6-4-12(16)5-7-13/h3,8-9,12-13,17H,2,4-7,16H2,1H3. The van der Waals surface area contributed by atoms with E-state index in [4.69, 9.17) is 5.73 Å². The van der Waals surface area contributed by atoms with Crippen LogP contribution in [0.5, 0.6) is 0 Å². The first-order valence-corrected chi connectivity index (χ1v) is 7.29. The predicted molar refractivity (Wildman–Crippen MR) is 77.4 cm³/mol. The Hall–Kier alpha value is -0.540. The molecule has 94 valence electrons. The maximum atomic E-state index is 5.93. The van der Waals surface area contributed by atoms with Gasteiger partial charge in [-0.15, -0.1) is 0 Å². The molecule has 1 aromatic carbocycles. The van der Waals surface area contributed by atoms with Gasteiger partial charge in [-0.2, -0.15) is 0 Å². The first kappa shape index (κ1) is 12.9. The van der Waals surface area contributed by atoms with Gasteiger partial charge in [-0.05, 0) is 55.9 Å². The van der Waals surface area contributed by atoms with Gasteiger partial charge in [0.2, 0.25) is 0 Å². The molecule has 0 aliphatic heterocycles. The summed E-state index contributed by atoms with van der Waals surface area (Å²) < 4.78 is 1.16. The number of hydrogen-bond acceptors (Lipinski definition) is 2. The molecule has 17 heavy (non-hydrogen) atoms. The molecular formula is C14H21BrN2. The summed E-state index contributed by atoms with van der Waals surface area (Å²) >= 11 is 3.53. The van der Waals surface area contributed by atoms with Crippen molar-refractivity contribution >= 4 is 21.6 Å². The maximum Gasteiger partial charge on any atom is 0.0375 e. The smallest absolute Gasteiger partial charge is 0.0375 e. The highest BCUT2D eigenvalue weighted by Crippen LogP contribution is 2.26.